The highest BCUT2D eigenvalue weighted by molar-refractivity contribution is 5.86. The maximum atomic E-state index is 11.1. The zero-order chi connectivity index (χ0) is 10.3. The van der Waals surface area contributed by atoms with Crippen LogP contribution in [0.4, 0.5) is 0 Å². The predicted molar refractivity (Wildman–Crippen MR) is 56.5 cm³/mol. The fourth-order valence-corrected chi connectivity index (χ4v) is 1.01. The molecule has 0 aliphatic rings. The molecule has 0 heterocycles. The van der Waals surface area contributed by atoms with Gasteiger partial charge in [0.05, 0.1) is 13.0 Å². The molecule has 0 aromatic carbocycles. The summed E-state index contributed by atoms with van der Waals surface area (Å²) < 4.78 is 0. The number of carboxylic acid groups (broad SMARTS) is 1. The Balaban J connectivity index is 0. The van der Waals surface area contributed by atoms with Crippen molar-refractivity contribution in [2.24, 2.45) is 11.7 Å². The van der Waals surface area contributed by atoms with Crippen molar-refractivity contribution in [3.05, 3.63) is 12.2 Å². The molecular formula is C9H16ClNO3. The number of nitrogens with two attached hydrogens (primary N) is 1. The molecule has 1 atom stereocenters. The number of carbonyl (C=O) groups is 2. The largest absolute Gasteiger partial charge is 0.481 e. The molecule has 82 valence electrons. The van der Waals surface area contributed by atoms with E-state index in [2.05, 4.69) is 0 Å². The highest BCUT2D eigenvalue weighted by atomic mass is 35.5. The smallest absolute Gasteiger partial charge is 0.304 e. The molecule has 0 bridgehead atoms. The first-order valence-corrected chi connectivity index (χ1v) is 4.17. The Hall–Kier alpha value is -0.870. The lowest BCUT2D eigenvalue weighted by atomic mass is 9.96. The van der Waals surface area contributed by atoms with Crippen molar-refractivity contribution in [1.82, 2.24) is 0 Å². The maximum Gasteiger partial charge on any atom is 0.304 e. The van der Waals surface area contributed by atoms with Gasteiger partial charge in [-0.05, 0) is 13.3 Å². The highest BCUT2D eigenvalue weighted by Crippen LogP contribution is 2.10. The third-order valence-electron chi connectivity index (χ3n) is 1.73. The van der Waals surface area contributed by atoms with E-state index >= 15 is 0 Å². The second-order valence-corrected chi connectivity index (χ2v) is 2.77. The number of carbonyl (C=O) groups excluding carboxylic acids is 1. The molecule has 4 nitrogen and oxygen atoms in total. The van der Waals surface area contributed by atoms with Crippen LogP contribution >= 0.6 is 12.4 Å². The molecule has 0 rings (SSSR count). The third kappa shape index (κ3) is 6.62. The molecule has 0 fully saturated rings. The van der Waals surface area contributed by atoms with E-state index in [1.54, 1.807) is 12.2 Å². The van der Waals surface area contributed by atoms with Gasteiger partial charge in [0.15, 0.2) is 0 Å². The first-order chi connectivity index (χ1) is 6.11. The predicted octanol–water partition coefficient (Wildman–Crippen LogP) is 0.993. The number of ketones is 1. The van der Waals surface area contributed by atoms with Gasteiger partial charge in [-0.1, -0.05) is 12.2 Å². The van der Waals surface area contributed by atoms with Crippen LogP contribution in [0.5, 0.6) is 0 Å². The number of hydrogen-bond donors (Lipinski definition) is 2. The number of rotatable bonds is 6. The first kappa shape index (κ1) is 15.6. The zero-order valence-corrected chi connectivity index (χ0v) is 8.92. The van der Waals surface area contributed by atoms with Crippen molar-refractivity contribution in [2.45, 2.75) is 19.8 Å². The number of hydrogen-bond acceptors (Lipinski definition) is 3. The number of aliphatic carboxylic acids is 1. The minimum absolute atomic E-state index is 0. The molecule has 3 N–H and O–H groups in total. The van der Waals surface area contributed by atoms with Crippen LogP contribution in [0, 0.1) is 5.92 Å². The van der Waals surface area contributed by atoms with Gasteiger partial charge in [0.25, 0.3) is 0 Å². The Morgan fingerprint density at radius 2 is 2.07 bits per heavy atom. The summed E-state index contributed by atoms with van der Waals surface area (Å²) in [6.07, 6.45) is 3.89. The standard InChI is InChI=1S/C9H15NO3.ClH/c1-2-3-4-7(5-9(12)13)8(11)6-10;/h2-3,7H,4-6,10H2,1H3,(H,12,13);1H. The Labute approximate surface area is 89.6 Å². The lowest BCUT2D eigenvalue weighted by molar-refractivity contribution is -0.140. The summed E-state index contributed by atoms with van der Waals surface area (Å²) in [4.78, 5) is 21.5. The fraction of sp³-hybridized carbons (Fsp3) is 0.556. The van der Waals surface area contributed by atoms with Crippen LogP contribution in [-0.4, -0.2) is 23.4 Å². The van der Waals surface area contributed by atoms with Crippen molar-refractivity contribution >= 4 is 24.2 Å². The van der Waals surface area contributed by atoms with Crippen LogP contribution in [0.2, 0.25) is 0 Å². The summed E-state index contributed by atoms with van der Waals surface area (Å²) in [5.41, 5.74) is 5.15. The summed E-state index contributed by atoms with van der Waals surface area (Å²) in [6.45, 7) is 1.74. The third-order valence-corrected chi connectivity index (χ3v) is 1.73. The van der Waals surface area contributed by atoms with Crippen LogP contribution in [0.15, 0.2) is 12.2 Å². The van der Waals surface area contributed by atoms with Crippen molar-refractivity contribution in [2.75, 3.05) is 6.54 Å². The Kier molecular flexibility index (Phi) is 9.71. The molecule has 0 aliphatic carbocycles. The van der Waals surface area contributed by atoms with Crippen LogP contribution in [-0.2, 0) is 9.59 Å². The van der Waals surface area contributed by atoms with Crippen molar-refractivity contribution in [1.29, 1.82) is 0 Å². The number of allylic oxidation sites excluding steroid dienone is 2. The van der Waals surface area contributed by atoms with Crippen molar-refractivity contribution in [3.8, 4) is 0 Å². The minimum atomic E-state index is -0.962. The average molecular weight is 222 g/mol. The second kappa shape index (κ2) is 8.72. The van der Waals surface area contributed by atoms with E-state index in [0.29, 0.717) is 6.42 Å². The summed E-state index contributed by atoms with van der Waals surface area (Å²) in [5.74, 6) is -1.63. The molecule has 0 saturated heterocycles. The molecule has 0 aliphatic heterocycles. The molecule has 0 amide bonds. The van der Waals surface area contributed by atoms with Gasteiger partial charge in [0.1, 0.15) is 5.78 Å². The monoisotopic (exact) mass is 221 g/mol. The Morgan fingerprint density at radius 3 is 2.43 bits per heavy atom. The van der Waals surface area contributed by atoms with Crippen LogP contribution < -0.4 is 5.73 Å². The quantitative estimate of drug-likeness (QED) is 0.656. The van der Waals surface area contributed by atoms with Gasteiger partial charge in [-0.15, -0.1) is 12.4 Å². The topological polar surface area (TPSA) is 80.4 Å². The average Bonchev–Trinajstić information content (AvgIpc) is 2.10. The summed E-state index contributed by atoms with van der Waals surface area (Å²) >= 11 is 0. The molecule has 0 aromatic heterocycles. The zero-order valence-electron chi connectivity index (χ0n) is 8.10. The summed E-state index contributed by atoms with van der Waals surface area (Å²) in [7, 11) is 0. The van der Waals surface area contributed by atoms with E-state index in [1.165, 1.54) is 0 Å². The van der Waals surface area contributed by atoms with Gasteiger partial charge in [-0.2, -0.15) is 0 Å². The van der Waals surface area contributed by atoms with Crippen LogP contribution in [0.1, 0.15) is 19.8 Å². The molecule has 1 unspecified atom stereocenters. The SMILES string of the molecule is CC=CCC(CC(=O)O)C(=O)CN.Cl. The van der Waals surface area contributed by atoms with Gasteiger partial charge >= 0.3 is 5.97 Å². The number of Topliss-reactive ketones (excluding diaryl/α,β-unsaturated/α-hetero) is 1. The van der Waals surface area contributed by atoms with Crippen molar-refractivity contribution < 1.29 is 14.7 Å². The molecule has 0 spiro atoms. The fourth-order valence-electron chi connectivity index (χ4n) is 1.01. The van der Waals surface area contributed by atoms with Gasteiger partial charge in [0, 0.05) is 5.92 Å². The normalized spacial score (nSPS) is 12.1. The van der Waals surface area contributed by atoms with E-state index in [9.17, 15) is 9.59 Å². The van der Waals surface area contributed by atoms with Gasteiger partial charge in [-0.25, -0.2) is 0 Å². The highest BCUT2D eigenvalue weighted by Gasteiger charge is 2.18. The van der Waals surface area contributed by atoms with E-state index < -0.39 is 11.9 Å². The second-order valence-electron chi connectivity index (χ2n) is 2.77. The van der Waals surface area contributed by atoms with E-state index in [4.69, 9.17) is 10.8 Å². The lowest BCUT2D eigenvalue weighted by Gasteiger charge is -2.09. The van der Waals surface area contributed by atoms with Crippen LogP contribution in [0.3, 0.4) is 0 Å². The number of carboxylic acids is 1. The summed E-state index contributed by atoms with van der Waals surface area (Å²) in [6, 6.07) is 0. The van der Waals surface area contributed by atoms with E-state index in [-0.39, 0.29) is 31.2 Å². The number of halogens is 1. The maximum absolute atomic E-state index is 11.1. The van der Waals surface area contributed by atoms with Crippen LogP contribution in [0.25, 0.3) is 0 Å². The molecule has 5 heteroatoms. The lowest BCUT2D eigenvalue weighted by Crippen LogP contribution is -2.25. The van der Waals surface area contributed by atoms with Gasteiger partial charge in [0.2, 0.25) is 0 Å². The minimum Gasteiger partial charge on any atom is -0.481 e. The van der Waals surface area contributed by atoms with E-state index in [0.717, 1.165) is 0 Å². The molecule has 0 saturated carbocycles. The van der Waals surface area contributed by atoms with E-state index in [1.807, 2.05) is 6.92 Å². The summed E-state index contributed by atoms with van der Waals surface area (Å²) in [5, 5.41) is 8.51. The molecular weight excluding hydrogens is 206 g/mol. The molecule has 14 heavy (non-hydrogen) atoms. The van der Waals surface area contributed by atoms with Crippen molar-refractivity contribution in [3.63, 3.8) is 0 Å². The molecule has 0 radical (unpaired) electrons. The Bertz CT molecular complexity index is 216. The van der Waals surface area contributed by atoms with Gasteiger partial charge < -0.3 is 10.8 Å². The molecule has 0 aromatic rings. The first-order valence-electron chi connectivity index (χ1n) is 4.17. The van der Waals surface area contributed by atoms with Gasteiger partial charge in [-0.3, -0.25) is 9.59 Å². The Morgan fingerprint density at radius 1 is 1.50 bits per heavy atom.